The molecule has 126 valence electrons. The Morgan fingerprint density at radius 1 is 1.24 bits per heavy atom. The number of hydrogen-bond acceptors (Lipinski definition) is 4. The third kappa shape index (κ3) is 3.03. The van der Waals surface area contributed by atoms with Crippen molar-refractivity contribution < 1.29 is 4.42 Å². The summed E-state index contributed by atoms with van der Waals surface area (Å²) in [7, 11) is 0. The van der Waals surface area contributed by atoms with Gasteiger partial charge in [-0.1, -0.05) is 25.1 Å². The molecule has 0 aliphatic rings. The van der Waals surface area contributed by atoms with Crippen molar-refractivity contribution in [2.45, 2.75) is 26.3 Å². The van der Waals surface area contributed by atoms with Crippen LogP contribution >= 0.6 is 11.3 Å². The van der Waals surface area contributed by atoms with Crippen LogP contribution in [0.4, 0.5) is 5.69 Å². The molecule has 4 aromatic rings. The molecule has 0 radical (unpaired) electrons. The first-order valence-corrected chi connectivity index (χ1v) is 9.28. The quantitative estimate of drug-likeness (QED) is 0.484. The van der Waals surface area contributed by atoms with Gasteiger partial charge in [0.25, 0.3) is 0 Å². The predicted octanol–water partition coefficient (Wildman–Crippen LogP) is 5.56. The number of nitrogens with zero attached hydrogens (tertiary/aromatic N) is 3. The molecule has 3 aromatic heterocycles. The largest absolute Gasteiger partial charge is 0.454 e. The Morgan fingerprint density at radius 2 is 2.12 bits per heavy atom. The van der Waals surface area contributed by atoms with Crippen LogP contribution in [0.5, 0.6) is 0 Å². The summed E-state index contributed by atoms with van der Waals surface area (Å²) >= 11 is 1.63. The second kappa shape index (κ2) is 6.69. The van der Waals surface area contributed by atoms with Crippen LogP contribution in [0.25, 0.3) is 22.4 Å². The van der Waals surface area contributed by atoms with Crippen molar-refractivity contribution in [1.82, 2.24) is 9.55 Å². The number of thiazole rings is 1. The van der Waals surface area contributed by atoms with E-state index in [0.29, 0.717) is 6.04 Å². The number of pyridine rings is 1. The van der Waals surface area contributed by atoms with E-state index in [-0.39, 0.29) is 0 Å². The molecule has 0 N–H and O–H groups in total. The molecule has 0 bridgehead atoms. The van der Waals surface area contributed by atoms with Crippen molar-refractivity contribution in [3.8, 4) is 11.5 Å². The molecule has 4 rings (SSSR count). The molecule has 25 heavy (non-hydrogen) atoms. The van der Waals surface area contributed by atoms with Crippen molar-refractivity contribution >= 4 is 28.0 Å². The molecule has 0 aliphatic heterocycles. The van der Waals surface area contributed by atoms with Crippen LogP contribution in [-0.2, 0) is 0 Å². The van der Waals surface area contributed by atoms with Gasteiger partial charge in [-0.3, -0.25) is 4.98 Å². The Morgan fingerprint density at radius 3 is 2.88 bits per heavy atom. The molecule has 0 spiro atoms. The molecule has 0 saturated heterocycles. The third-order valence-corrected chi connectivity index (χ3v) is 5.16. The standard InChI is InChI=1S/C20H19N3OS/c1-3-14(2)23-17(19-11-15-7-4-5-9-18(15)24-19)13-25-20(23)22-16-8-6-10-21-12-16/h4-14H,3H2,1-2H3. The van der Waals surface area contributed by atoms with Gasteiger partial charge in [0, 0.05) is 23.0 Å². The molecular formula is C20H19N3OS. The minimum absolute atomic E-state index is 0.324. The van der Waals surface area contributed by atoms with Gasteiger partial charge >= 0.3 is 0 Å². The lowest BCUT2D eigenvalue weighted by atomic mass is 10.2. The molecule has 1 aromatic carbocycles. The monoisotopic (exact) mass is 349 g/mol. The molecule has 0 amide bonds. The van der Waals surface area contributed by atoms with Gasteiger partial charge in [0.15, 0.2) is 10.6 Å². The van der Waals surface area contributed by atoms with Gasteiger partial charge in [-0.25, -0.2) is 4.99 Å². The van der Waals surface area contributed by atoms with Crippen LogP contribution in [0.15, 0.2) is 69.6 Å². The van der Waals surface area contributed by atoms with Crippen LogP contribution in [0, 0.1) is 0 Å². The molecule has 0 aliphatic carbocycles. The molecule has 1 unspecified atom stereocenters. The van der Waals surface area contributed by atoms with E-state index in [1.807, 2.05) is 30.3 Å². The fourth-order valence-electron chi connectivity index (χ4n) is 2.83. The van der Waals surface area contributed by atoms with Gasteiger partial charge in [-0.15, -0.1) is 11.3 Å². The van der Waals surface area contributed by atoms with Gasteiger partial charge in [0.1, 0.15) is 5.58 Å². The number of para-hydroxylation sites is 1. The van der Waals surface area contributed by atoms with Crippen molar-refractivity contribution in [2.24, 2.45) is 4.99 Å². The Bertz CT molecular complexity index is 1030. The Hall–Kier alpha value is -2.66. The van der Waals surface area contributed by atoms with E-state index >= 15 is 0 Å². The van der Waals surface area contributed by atoms with Gasteiger partial charge < -0.3 is 8.98 Å². The minimum atomic E-state index is 0.324. The van der Waals surface area contributed by atoms with Crippen LogP contribution in [0.2, 0.25) is 0 Å². The number of benzene rings is 1. The van der Waals surface area contributed by atoms with E-state index < -0.39 is 0 Å². The van der Waals surface area contributed by atoms with Crippen LogP contribution in [-0.4, -0.2) is 9.55 Å². The highest BCUT2D eigenvalue weighted by Crippen LogP contribution is 2.30. The maximum atomic E-state index is 6.08. The highest BCUT2D eigenvalue weighted by atomic mass is 32.1. The predicted molar refractivity (Wildman–Crippen MR) is 102 cm³/mol. The smallest absolute Gasteiger partial charge is 0.190 e. The fourth-order valence-corrected chi connectivity index (χ4v) is 3.83. The maximum absolute atomic E-state index is 6.08. The van der Waals surface area contributed by atoms with Crippen LogP contribution < -0.4 is 4.80 Å². The zero-order chi connectivity index (χ0) is 17.2. The summed E-state index contributed by atoms with van der Waals surface area (Å²) in [6.45, 7) is 4.40. The number of fused-ring (bicyclic) bond motifs is 1. The van der Waals surface area contributed by atoms with Gasteiger partial charge in [-0.2, -0.15) is 0 Å². The maximum Gasteiger partial charge on any atom is 0.190 e. The number of furan rings is 1. The van der Waals surface area contributed by atoms with Crippen molar-refractivity contribution in [3.63, 3.8) is 0 Å². The summed E-state index contributed by atoms with van der Waals surface area (Å²) in [5, 5.41) is 3.24. The molecule has 4 nitrogen and oxygen atoms in total. The average Bonchev–Trinajstić information content (AvgIpc) is 3.25. The molecule has 5 heteroatoms. The first-order chi connectivity index (χ1) is 12.3. The summed E-state index contributed by atoms with van der Waals surface area (Å²) in [6, 6.07) is 14.4. The van der Waals surface area contributed by atoms with Crippen LogP contribution in [0.3, 0.4) is 0 Å². The normalized spacial score (nSPS) is 13.4. The minimum Gasteiger partial charge on any atom is -0.454 e. The summed E-state index contributed by atoms with van der Waals surface area (Å²) in [6.07, 6.45) is 4.56. The van der Waals surface area contributed by atoms with E-state index in [1.165, 1.54) is 0 Å². The zero-order valence-electron chi connectivity index (χ0n) is 14.2. The third-order valence-electron chi connectivity index (χ3n) is 4.32. The van der Waals surface area contributed by atoms with E-state index in [4.69, 9.17) is 9.41 Å². The first kappa shape index (κ1) is 15.8. The number of aromatic nitrogens is 2. The van der Waals surface area contributed by atoms with Gasteiger partial charge in [-0.05, 0) is 37.6 Å². The number of hydrogen-bond donors (Lipinski definition) is 0. The second-order valence-electron chi connectivity index (χ2n) is 6.00. The lowest BCUT2D eigenvalue weighted by molar-refractivity contribution is 0.514. The SMILES string of the molecule is CCC(C)n1c(-c2cc3ccccc3o2)csc1=Nc1cccnc1. The Balaban J connectivity index is 1.90. The summed E-state index contributed by atoms with van der Waals surface area (Å²) in [5.74, 6) is 0.880. The zero-order valence-corrected chi connectivity index (χ0v) is 15.0. The summed E-state index contributed by atoms with van der Waals surface area (Å²) < 4.78 is 8.34. The summed E-state index contributed by atoms with van der Waals surface area (Å²) in [4.78, 5) is 9.90. The van der Waals surface area contributed by atoms with E-state index in [0.717, 1.165) is 39.3 Å². The molecule has 0 saturated carbocycles. The van der Waals surface area contributed by atoms with Crippen molar-refractivity contribution in [3.05, 3.63) is 65.0 Å². The van der Waals surface area contributed by atoms with E-state index in [2.05, 4.69) is 40.9 Å². The molecular weight excluding hydrogens is 330 g/mol. The Labute approximate surface area is 150 Å². The summed E-state index contributed by atoms with van der Waals surface area (Å²) in [5.41, 5.74) is 2.83. The van der Waals surface area contributed by atoms with Gasteiger partial charge in [0.05, 0.1) is 17.6 Å². The van der Waals surface area contributed by atoms with E-state index in [1.54, 1.807) is 23.7 Å². The Kier molecular flexibility index (Phi) is 4.24. The van der Waals surface area contributed by atoms with E-state index in [9.17, 15) is 0 Å². The average molecular weight is 349 g/mol. The second-order valence-corrected chi connectivity index (χ2v) is 6.84. The lowest BCUT2D eigenvalue weighted by Crippen LogP contribution is -2.19. The van der Waals surface area contributed by atoms with Gasteiger partial charge in [0.2, 0.25) is 0 Å². The lowest BCUT2D eigenvalue weighted by Gasteiger charge is -2.14. The fraction of sp³-hybridized carbons (Fsp3) is 0.200. The van der Waals surface area contributed by atoms with Crippen LogP contribution in [0.1, 0.15) is 26.3 Å². The first-order valence-electron chi connectivity index (χ1n) is 8.40. The highest BCUT2D eigenvalue weighted by Gasteiger charge is 2.16. The highest BCUT2D eigenvalue weighted by molar-refractivity contribution is 7.07. The van der Waals surface area contributed by atoms with Crippen molar-refractivity contribution in [1.29, 1.82) is 0 Å². The molecule has 0 fully saturated rings. The molecule has 3 heterocycles. The topological polar surface area (TPSA) is 43.3 Å². The number of rotatable bonds is 4. The van der Waals surface area contributed by atoms with Crippen molar-refractivity contribution in [2.75, 3.05) is 0 Å². The molecule has 1 atom stereocenters.